The first-order chi connectivity index (χ1) is 7.04. The molecule has 1 amide bonds. The Bertz CT molecular complexity index is 187. The van der Waals surface area contributed by atoms with Crippen LogP contribution >= 0.6 is 0 Å². The van der Waals surface area contributed by atoms with Crippen molar-refractivity contribution in [3.05, 3.63) is 0 Å². The molecule has 1 aliphatic heterocycles. The van der Waals surface area contributed by atoms with Gasteiger partial charge in [-0.25, -0.2) is 0 Å². The van der Waals surface area contributed by atoms with Crippen LogP contribution in [-0.2, 0) is 4.79 Å². The van der Waals surface area contributed by atoms with E-state index in [0.717, 1.165) is 12.8 Å². The van der Waals surface area contributed by atoms with Gasteiger partial charge in [-0.1, -0.05) is 27.7 Å². The summed E-state index contributed by atoms with van der Waals surface area (Å²) in [6.45, 7) is 12.6. The van der Waals surface area contributed by atoms with Crippen molar-refractivity contribution in [2.75, 3.05) is 0 Å². The predicted octanol–water partition coefficient (Wildman–Crippen LogP) is 3.46. The fourth-order valence-corrected chi connectivity index (χ4v) is 2.24. The van der Waals surface area contributed by atoms with Crippen LogP contribution in [0.15, 0.2) is 0 Å². The fraction of sp³-hybridized carbons (Fsp3) is 0.923. The van der Waals surface area contributed by atoms with Crippen molar-refractivity contribution in [2.24, 2.45) is 5.92 Å². The molecule has 0 aromatic heterocycles. The molecule has 1 atom stereocenters. The van der Waals surface area contributed by atoms with Crippen molar-refractivity contribution in [1.82, 2.24) is 4.90 Å². The van der Waals surface area contributed by atoms with Gasteiger partial charge in [0.1, 0.15) is 0 Å². The number of carbonyl (C=O) groups excluding carboxylic acids is 1. The van der Waals surface area contributed by atoms with E-state index in [9.17, 15) is 4.79 Å². The van der Waals surface area contributed by atoms with E-state index in [0.29, 0.717) is 23.9 Å². The average molecular weight is 213 g/mol. The summed E-state index contributed by atoms with van der Waals surface area (Å²) in [5.41, 5.74) is 0. The molecular formula is C13H27NO. The van der Waals surface area contributed by atoms with Crippen LogP contribution in [0.5, 0.6) is 0 Å². The molecule has 90 valence electrons. The van der Waals surface area contributed by atoms with Crippen LogP contribution in [0.1, 0.15) is 60.8 Å². The highest BCUT2D eigenvalue weighted by atomic mass is 16.2. The SMILES string of the molecule is CC.CC(C)C1CCCC(=O)N1C(C)C. The molecule has 1 rings (SSSR count). The van der Waals surface area contributed by atoms with Gasteiger partial charge in [-0.3, -0.25) is 4.79 Å². The van der Waals surface area contributed by atoms with Crippen LogP contribution in [0, 0.1) is 5.92 Å². The zero-order valence-corrected chi connectivity index (χ0v) is 11.2. The summed E-state index contributed by atoms with van der Waals surface area (Å²) in [4.78, 5) is 13.8. The van der Waals surface area contributed by atoms with E-state index in [1.165, 1.54) is 6.42 Å². The summed E-state index contributed by atoms with van der Waals surface area (Å²) in [6.07, 6.45) is 3.01. The first-order valence-electron chi connectivity index (χ1n) is 6.35. The highest BCUT2D eigenvalue weighted by Crippen LogP contribution is 2.25. The van der Waals surface area contributed by atoms with E-state index >= 15 is 0 Å². The molecule has 1 aliphatic rings. The maximum absolute atomic E-state index is 11.7. The molecule has 0 aromatic rings. The Hall–Kier alpha value is -0.530. The Morgan fingerprint density at radius 3 is 2.07 bits per heavy atom. The molecule has 1 heterocycles. The van der Waals surface area contributed by atoms with Crippen molar-refractivity contribution in [3.8, 4) is 0 Å². The second-order valence-electron chi connectivity index (χ2n) is 4.60. The number of rotatable bonds is 2. The number of piperidine rings is 1. The van der Waals surface area contributed by atoms with Crippen LogP contribution in [0.25, 0.3) is 0 Å². The highest BCUT2D eigenvalue weighted by molar-refractivity contribution is 5.77. The zero-order chi connectivity index (χ0) is 12.0. The molecule has 1 unspecified atom stereocenters. The summed E-state index contributed by atoms with van der Waals surface area (Å²) in [5, 5.41) is 0. The zero-order valence-electron chi connectivity index (χ0n) is 11.2. The maximum Gasteiger partial charge on any atom is 0.223 e. The summed E-state index contributed by atoms with van der Waals surface area (Å²) >= 11 is 0. The van der Waals surface area contributed by atoms with Crippen LogP contribution in [0.4, 0.5) is 0 Å². The first kappa shape index (κ1) is 14.5. The molecule has 0 bridgehead atoms. The average Bonchev–Trinajstić information content (AvgIpc) is 2.19. The summed E-state index contributed by atoms with van der Waals surface area (Å²) in [5.74, 6) is 0.937. The minimum atomic E-state index is 0.347. The second kappa shape index (κ2) is 6.86. The van der Waals surface area contributed by atoms with E-state index in [2.05, 4.69) is 32.6 Å². The quantitative estimate of drug-likeness (QED) is 0.688. The van der Waals surface area contributed by atoms with Crippen LogP contribution in [-0.4, -0.2) is 22.9 Å². The van der Waals surface area contributed by atoms with Crippen molar-refractivity contribution < 1.29 is 4.79 Å². The summed E-state index contributed by atoms with van der Waals surface area (Å²) in [7, 11) is 0. The predicted molar refractivity (Wildman–Crippen MR) is 65.8 cm³/mol. The van der Waals surface area contributed by atoms with Gasteiger partial charge >= 0.3 is 0 Å². The minimum absolute atomic E-state index is 0.347. The third kappa shape index (κ3) is 3.84. The lowest BCUT2D eigenvalue weighted by Gasteiger charge is -2.41. The van der Waals surface area contributed by atoms with Crippen molar-refractivity contribution in [3.63, 3.8) is 0 Å². The summed E-state index contributed by atoms with van der Waals surface area (Å²) < 4.78 is 0. The van der Waals surface area contributed by atoms with Gasteiger partial charge < -0.3 is 4.90 Å². The minimum Gasteiger partial charge on any atom is -0.337 e. The standard InChI is InChI=1S/C11H21NO.C2H6/c1-8(2)10-6-5-7-11(13)12(10)9(3)4;1-2/h8-10H,5-7H2,1-4H3;1-2H3. The Kier molecular flexibility index (Phi) is 6.62. The largest absolute Gasteiger partial charge is 0.337 e. The van der Waals surface area contributed by atoms with Gasteiger partial charge in [0, 0.05) is 18.5 Å². The van der Waals surface area contributed by atoms with Gasteiger partial charge in [-0.05, 0) is 32.6 Å². The Morgan fingerprint density at radius 2 is 1.73 bits per heavy atom. The van der Waals surface area contributed by atoms with E-state index in [-0.39, 0.29) is 0 Å². The number of nitrogens with zero attached hydrogens (tertiary/aromatic N) is 1. The monoisotopic (exact) mass is 213 g/mol. The third-order valence-electron chi connectivity index (χ3n) is 2.86. The van der Waals surface area contributed by atoms with Gasteiger partial charge in [-0.15, -0.1) is 0 Å². The molecule has 0 aliphatic carbocycles. The van der Waals surface area contributed by atoms with E-state index in [4.69, 9.17) is 0 Å². The molecule has 0 N–H and O–H groups in total. The van der Waals surface area contributed by atoms with Gasteiger partial charge in [0.2, 0.25) is 5.91 Å². The molecule has 15 heavy (non-hydrogen) atoms. The fourth-order valence-electron chi connectivity index (χ4n) is 2.24. The van der Waals surface area contributed by atoms with Gasteiger partial charge in [-0.2, -0.15) is 0 Å². The molecule has 1 fully saturated rings. The molecule has 0 radical (unpaired) electrons. The van der Waals surface area contributed by atoms with Gasteiger partial charge in [0.05, 0.1) is 0 Å². The van der Waals surface area contributed by atoms with Crippen LogP contribution in [0.3, 0.4) is 0 Å². The highest BCUT2D eigenvalue weighted by Gasteiger charge is 2.31. The lowest BCUT2D eigenvalue weighted by Crippen LogP contribution is -2.49. The van der Waals surface area contributed by atoms with Crippen molar-refractivity contribution in [2.45, 2.75) is 72.9 Å². The lowest BCUT2D eigenvalue weighted by molar-refractivity contribution is -0.139. The van der Waals surface area contributed by atoms with E-state index in [1.807, 2.05) is 13.8 Å². The van der Waals surface area contributed by atoms with Gasteiger partial charge in [0.25, 0.3) is 0 Å². The first-order valence-corrected chi connectivity index (χ1v) is 6.35. The molecule has 1 saturated heterocycles. The molecular weight excluding hydrogens is 186 g/mol. The van der Waals surface area contributed by atoms with Crippen molar-refractivity contribution in [1.29, 1.82) is 0 Å². The Balaban J connectivity index is 0.000000921. The molecule has 0 spiro atoms. The van der Waals surface area contributed by atoms with E-state index in [1.54, 1.807) is 0 Å². The number of carbonyl (C=O) groups is 1. The Morgan fingerprint density at radius 1 is 1.20 bits per heavy atom. The second-order valence-corrected chi connectivity index (χ2v) is 4.60. The van der Waals surface area contributed by atoms with Crippen molar-refractivity contribution >= 4 is 5.91 Å². The number of likely N-dealkylation sites (tertiary alicyclic amines) is 1. The number of hydrogen-bond donors (Lipinski definition) is 0. The molecule has 2 heteroatoms. The number of amides is 1. The summed E-state index contributed by atoms with van der Waals surface area (Å²) in [6, 6.07) is 0.835. The number of hydrogen-bond acceptors (Lipinski definition) is 1. The molecule has 0 saturated carbocycles. The Labute approximate surface area is 95.0 Å². The molecule has 2 nitrogen and oxygen atoms in total. The topological polar surface area (TPSA) is 20.3 Å². The van der Waals surface area contributed by atoms with E-state index < -0.39 is 0 Å². The normalized spacial score (nSPS) is 21.7. The smallest absolute Gasteiger partial charge is 0.223 e. The van der Waals surface area contributed by atoms with Gasteiger partial charge in [0.15, 0.2) is 0 Å². The molecule has 0 aromatic carbocycles. The lowest BCUT2D eigenvalue weighted by atomic mass is 9.91. The third-order valence-corrected chi connectivity index (χ3v) is 2.86. The van der Waals surface area contributed by atoms with Crippen LogP contribution < -0.4 is 0 Å². The maximum atomic E-state index is 11.7. The van der Waals surface area contributed by atoms with Crippen LogP contribution in [0.2, 0.25) is 0 Å².